The van der Waals surface area contributed by atoms with Crippen LogP contribution >= 0.6 is 0 Å². The number of aromatic amines is 1. The molecule has 2 N–H and O–H groups in total. The van der Waals surface area contributed by atoms with Crippen LogP contribution in [0.3, 0.4) is 0 Å². The molecule has 0 fully saturated rings. The molecule has 0 aliphatic carbocycles. The predicted molar refractivity (Wildman–Crippen MR) is 75.7 cm³/mol. The van der Waals surface area contributed by atoms with E-state index in [1.807, 2.05) is 30.3 Å². The monoisotopic (exact) mass is 270 g/mol. The molecule has 0 bridgehead atoms. The zero-order chi connectivity index (χ0) is 14.1. The van der Waals surface area contributed by atoms with Gasteiger partial charge in [0.2, 0.25) is 0 Å². The number of nitrogens with zero attached hydrogens (tertiary/aromatic N) is 2. The van der Waals surface area contributed by atoms with Gasteiger partial charge in [0.25, 0.3) is 5.56 Å². The maximum atomic E-state index is 11.9. The third-order valence-electron chi connectivity index (χ3n) is 3.16. The van der Waals surface area contributed by atoms with Gasteiger partial charge in [-0.2, -0.15) is 0 Å². The van der Waals surface area contributed by atoms with Gasteiger partial charge >= 0.3 is 0 Å². The highest BCUT2D eigenvalue weighted by Crippen LogP contribution is 2.19. The van der Waals surface area contributed by atoms with Crippen LogP contribution in [0.4, 0.5) is 5.69 Å². The van der Waals surface area contributed by atoms with Crippen LogP contribution in [0.5, 0.6) is 0 Å². The molecule has 3 aromatic rings. The van der Waals surface area contributed by atoms with Crippen molar-refractivity contribution in [2.75, 3.05) is 5.23 Å². The van der Waals surface area contributed by atoms with E-state index in [4.69, 9.17) is 5.21 Å². The fourth-order valence-electron chi connectivity index (χ4n) is 2.19. The van der Waals surface area contributed by atoms with Crippen LogP contribution in [0.15, 0.2) is 53.3 Å². The Morgan fingerprint density at radius 1 is 1.20 bits per heavy atom. The van der Waals surface area contributed by atoms with Crippen molar-refractivity contribution in [3.8, 4) is 0 Å². The third kappa shape index (κ3) is 2.18. The first-order valence-corrected chi connectivity index (χ1v) is 6.08. The Morgan fingerprint density at radius 3 is 2.65 bits per heavy atom. The van der Waals surface area contributed by atoms with Crippen LogP contribution in [0.1, 0.15) is 5.56 Å². The Hall–Kier alpha value is -2.57. The molecule has 0 radical (unpaired) electrons. The number of anilines is 1. The van der Waals surface area contributed by atoms with Crippen LogP contribution in [0.2, 0.25) is 0 Å². The molecule has 0 amide bonds. The van der Waals surface area contributed by atoms with Crippen molar-refractivity contribution in [1.82, 2.24) is 9.78 Å². The van der Waals surface area contributed by atoms with Crippen molar-refractivity contribution in [3.63, 3.8) is 0 Å². The first kappa shape index (κ1) is 12.5. The van der Waals surface area contributed by atoms with Crippen molar-refractivity contribution in [2.45, 2.75) is 6.54 Å². The number of hydrogen-bond acceptors (Lipinski definition) is 4. The van der Waals surface area contributed by atoms with Crippen LogP contribution in [0.25, 0.3) is 10.9 Å². The minimum Gasteiger partial charge on any atom is -0.733 e. The van der Waals surface area contributed by atoms with Gasteiger partial charge in [-0.25, -0.2) is 0 Å². The lowest BCUT2D eigenvalue weighted by molar-refractivity contribution is 0.296. The molecule has 3 rings (SSSR count). The summed E-state index contributed by atoms with van der Waals surface area (Å²) in [6, 6.07) is 14.2. The van der Waals surface area contributed by atoms with Crippen molar-refractivity contribution in [1.29, 1.82) is 0 Å². The minimum atomic E-state index is -0.292. The zero-order valence-corrected chi connectivity index (χ0v) is 10.5. The van der Waals surface area contributed by atoms with Gasteiger partial charge in [0.05, 0.1) is 23.1 Å². The lowest BCUT2D eigenvalue weighted by Crippen LogP contribution is -2.07. The Balaban J connectivity index is 2.07. The van der Waals surface area contributed by atoms with Gasteiger partial charge in [-0.3, -0.25) is 19.8 Å². The highest BCUT2D eigenvalue weighted by atomic mass is 16.8. The summed E-state index contributed by atoms with van der Waals surface area (Å²) in [7, 11) is 0. The van der Waals surface area contributed by atoms with Crippen LogP contribution in [-0.4, -0.2) is 15.0 Å². The Morgan fingerprint density at radius 2 is 1.95 bits per heavy atom. The van der Waals surface area contributed by atoms with E-state index in [9.17, 15) is 10.0 Å². The molecule has 0 aliphatic heterocycles. The number of nitrogens with one attached hydrogen (secondary N) is 1. The molecule has 0 saturated heterocycles. The summed E-state index contributed by atoms with van der Waals surface area (Å²) in [6.45, 7) is 0.527. The molecule has 2 aromatic carbocycles. The SMILES string of the molecule is O=c1[nH]n(Cc2ccccc2)c2ccc(N([O-])O)cc12. The largest absolute Gasteiger partial charge is 0.733 e. The molecule has 0 saturated carbocycles. The third-order valence-corrected chi connectivity index (χ3v) is 3.16. The second-order valence-electron chi connectivity index (χ2n) is 4.49. The summed E-state index contributed by atoms with van der Waals surface area (Å²) >= 11 is 0. The summed E-state index contributed by atoms with van der Waals surface area (Å²) in [5, 5.41) is 22.6. The van der Waals surface area contributed by atoms with E-state index >= 15 is 0 Å². The molecule has 6 heteroatoms. The van der Waals surface area contributed by atoms with Gasteiger partial charge in [0.15, 0.2) is 0 Å². The van der Waals surface area contributed by atoms with E-state index in [0.29, 0.717) is 17.4 Å². The van der Waals surface area contributed by atoms with Crippen LogP contribution in [-0.2, 0) is 6.54 Å². The average molecular weight is 270 g/mol. The van der Waals surface area contributed by atoms with Gasteiger partial charge in [-0.1, -0.05) is 30.3 Å². The molecule has 0 atom stereocenters. The number of hydrogen-bond donors (Lipinski definition) is 2. The fourth-order valence-corrected chi connectivity index (χ4v) is 2.19. The second-order valence-corrected chi connectivity index (χ2v) is 4.49. The highest BCUT2D eigenvalue weighted by Gasteiger charge is 2.08. The maximum absolute atomic E-state index is 11.9. The average Bonchev–Trinajstić information content (AvgIpc) is 2.76. The molecule has 1 heterocycles. The van der Waals surface area contributed by atoms with Gasteiger partial charge in [0.1, 0.15) is 0 Å². The quantitative estimate of drug-likeness (QED) is 0.713. The number of fused-ring (bicyclic) bond motifs is 1. The molecule has 0 spiro atoms. The first-order valence-electron chi connectivity index (χ1n) is 6.08. The molecule has 0 aliphatic rings. The number of H-pyrrole nitrogens is 1. The summed E-state index contributed by atoms with van der Waals surface area (Å²) in [4.78, 5) is 11.9. The Labute approximate surface area is 114 Å². The molecular weight excluding hydrogens is 258 g/mol. The molecular formula is C14H12N3O3-. The molecule has 20 heavy (non-hydrogen) atoms. The van der Waals surface area contributed by atoms with E-state index in [1.54, 1.807) is 10.7 Å². The van der Waals surface area contributed by atoms with E-state index in [-0.39, 0.29) is 16.5 Å². The van der Waals surface area contributed by atoms with Crippen LogP contribution in [0, 0.1) is 5.21 Å². The maximum Gasteiger partial charge on any atom is 0.272 e. The van der Waals surface area contributed by atoms with E-state index in [1.165, 1.54) is 12.1 Å². The zero-order valence-electron chi connectivity index (χ0n) is 10.5. The van der Waals surface area contributed by atoms with Gasteiger partial charge in [-0.05, 0) is 23.8 Å². The van der Waals surface area contributed by atoms with Crippen molar-refractivity contribution >= 4 is 16.6 Å². The Kier molecular flexibility index (Phi) is 3.02. The van der Waals surface area contributed by atoms with Gasteiger partial charge in [-0.15, -0.1) is 0 Å². The van der Waals surface area contributed by atoms with E-state index in [2.05, 4.69) is 5.10 Å². The van der Waals surface area contributed by atoms with Crippen molar-refractivity contribution in [3.05, 3.63) is 69.7 Å². The smallest absolute Gasteiger partial charge is 0.272 e. The lowest BCUT2D eigenvalue weighted by Gasteiger charge is -2.21. The number of rotatable bonds is 3. The highest BCUT2D eigenvalue weighted by molar-refractivity contribution is 5.82. The summed E-state index contributed by atoms with van der Waals surface area (Å²) in [6.07, 6.45) is 0. The minimum absolute atomic E-state index is 0.0282. The standard InChI is InChI=1S/C14H12N3O3/c18-14-12-8-11(17(19)20)6-7-13(12)16(15-14)9-10-4-2-1-3-5-10/h1-8,19H,9H2,(H,15,18)/q-1. The summed E-state index contributed by atoms with van der Waals surface area (Å²) in [5.41, 5.74) is 1.47. The summed E-state index contributed by atoms with van der Waals surface area (Å²) < 4.78 is 1.71. The van der Waals surface area contributed by atoms with Crippen LogP contribution < -0.4 is 10.8 Å². The van der Waals surface area contributed by atoms with Crippen molar-refractivity contribution < 1.29 is 5.21 Å². The normalized spacial score (nSPS) is 10.9. The molecule has 1 aromatic heterocycles. The molecule has 0 unspecified atom stereocenters. The first-order chi connectivity index (χ1) is 9.65. The predicted octanol–water partition coefficient (Wildman–Crippen LogP) is 2.07. The lowest BCUT2D eigenvalue weighted by atomic mass is 10.2. The fraction of sp³-hybridized carbons (Fsp3) is 0.0714. The molecule has 102 valence electrons. The topological polar surface area (TPSA) is 84.3 Å². The second kappa shape index (κ2) is 4.84. The summed E-state index contributed by atoms with van der Waals surface area (Å²) in [5.74, 6) is 0. The van der Waals surface area contributed by atoms with E-state index < -0.39 is 0 Å². The van der Waals surface area contributed by atoms with E-state index in [0.717, 1.165) is 5.56 Å². The number of benzene rings is 2. The Bertz CT molecular complexity index is 790. The number of aromatic nitrogens is 2. The molecule has 6 nitrogen and oxygen atoms in total. The van der Waals surface area contributed by atoms with Crippen molar-refractivity contribution in [2.24, 2.45) is 0 Å². The van der Waals surface area contributed by atoms with Gasteiger partial charge < -0.3 is 10.4 Å². The van der Waals surface area contributed by atoms with Gasteiger partial charge in [0, 0.05) is 0 Å².